The lowest BCUT2D eigenvalue weighted by atomic mass is 10.2. The van der Waals surface area contributed by atoms with Crippen molar-refractivity contribution in [2.45, 2.75) is 17.1 Å². The molecule has 0 bridgehead atoms. The van der Waals surface area contributed by atoms with Crippen molar-refractivity contribution in [3.8, 4) is 0 Å². The standard InChI is InChI=1S/C4H6NO2P3/c5-2(3(6)7)1-4-8-10(4)9-4/h2H,1,5H2,(H,6,7)/t2-/m0/s1. The van der Waals surface area contributed by atoms with Crippen LogP contribution in [0.25, 0.3) is 0 Å². The minimum absolute atomic E-state index is 0.256. The van der Waals surface area contributed by atoms with E-state index in [-0.39, 0.29) is 6.50 Å². The first kappa shape index (κ1) is 7.00. The Balaban J connectivity index is 1.87. The minimum Gasteiger partial charge on any atom is -0.480 e. The van der Waals surface area contributed by atoms with Crippen molar-refractivity contribution < 1.29 is 9.90 Å². The summed E-state index contributed by atoms with van der Waals surface area (Å²) < 4.78 is 0.424. The van der Waals surface area contributed by atoms with E-state index >= 15 is 0 Å². The molecule has 0 aliphatic carbocycles. The predicted octanol–water partition coefficient (Wildman–Crippen LogP) is 1.67. The average Bonchev–Trinajstić information content (AvgIpc) is 2.53. The first-order valence-corrected chi connectivity index (χ1v) is 7.42. The molecule has 0 unspecified atom stereocenters. The van der Waals surface area contributed by atoms with Gasteiger partial charge in [0.1, 0.15) is 10.7 Å². The Labute approximate surface area is 61.6 Å². The number of carbonyl (C=O) groups is 1. The van der Waals surface area contributed by atoms with Crippen LogP contribution >= 0.6 is 22.2 Å². The molecule has 0 fully saturated rings. The predicted molar refractivity (Wildman–Crippen MR) is 43.7 cm³/mol. The summed E-state index contributed by atoms with van der Waals surface area (Å²) in [6.07, 6.45) is 0.706. The number of fused-ring (bicyclic) bond motifs is 1. The van der Waals surface area contributed by atoms with E-state index in [1.807, 2.05) is 0 Å². The van der Waals surface area contributed by atoms with Gasteiger partial charge in [-0.1, -0.05) is 0 Å². The Kier molecular flexibility index (Phi) is 1.35. The van der Waals surface area contributed by atoms with Gasteiger partial charge in [-0.05, 0) is 22.2 Å². The van der Waals surface area contributed by atoms with Crippen LogP contribution in [-0.4, -0.2) is 21.8 Å². The van der Waals surface area contributed by atoms with Crippen molar-refractivity contribution in [2.24, 2.45) is 5.73 Å². The molecule has 54 valence electrons. The van der Waals surface area contributed by atoms with Crippen molar-refractivity contribution in [3.05, 3.63) is 0 Å². The van der Waals surface area contributed by atoms with Crippen molar-refractivity contribution >= 4 is 28.2 Å². The van der Waals surface area contributed by atoms with Crippen molar-refractivity contribution in [1.29, 1.82) is 0 Å². The second-order valence-electron chi connectivity index (χ2n) is 2.41. The van der Waals surface area contributed by atoms with Gasteiger partial charge in [0.25, 0.3) is 0 Å². The summed E-state index contributed by atoms with van der Waals surface area (Å²) in [4.78, 5) is 10.3. The van der Waals surface area contributed by atoms with Crippen LogP contribution < -0.4 is 5.73 Å². The summed E-state index contributed by atoms with van der Waals surface area (Å²) in [5, 5.41) is 8.47. The minimum atomic E-state index is -0.853. The number of aliphatic carboxylic acids is 1. The van der Waals surface area contributed by atoms with E-state index in [0.717, 1.165) is 0 Å². The fourth-order valence-corrected chi connectivity index (χ4v) is 10.4. The number of hydrogen-bond acceptors (Lipinski definition) is 2. The molecule has 3 N–H and O–H groups in total. The highest BCUT2D eigenvalue weighted by Gasteiger charge is 2.53. The third kappa shape index (κ3) is 0.984. The summed E-state index contributed by atoms with van der Waals surface area (Å²) in [6.45, 7) is 0.256. The number of rotatable bonds is 3. The SMILES string of the molecule is N[C@@H](CC12P=P1=P2)C(=O)O. The Hall–Kier alpha value is 0.330. The molecule has 0 aromatic rings. The van der Waals surface area contributed by atoms with Crippen LogP contribution in [0, 0.1) is 0 Å². The smallest absolute Gasteiger partial charge is 0.320 e. The normalized spacial score (nSPS) is 41.9. The van der Waals surface area contributed by atoms with Gasteiger partial charge in [0.05, 0.1) is 0 Å². The third-order valence-corrected chi connectivity index (χ3v) is 12.9. The maximum absolute atomic E-state index is 10.3. The molecule has 3 nitrogen and oxygen atoms in total. The number of carboxylic acids is 1. The molecule has 0 radical (unpaired) electrons. The maximum Gasteiger partial charge on any atom is 0.320 e. The zero-order valence-corrected chi connectivity index (χ0v) is 7.74. The van der Waals surface area contributed by atoms with Gasteiger partial charge in [-0.2, -0.15) is 0 Å². The number of hydrogen-bond donors (Lipinski definition) is 2. The van der Waals surface area contributed by atoms with Gasteiger partial charge in [-0.3, -0.25) is 4.79 Å². The maximum atomic E-state index is 10.3. The monoisotopic (exact) mass is 193 g/mol. The molecule has 0 saturated carbocycles. The Morgan fingerprint density at radius 3 is 2.60 bits per heavy atom. The highest BCUT2D eigenvalue weighted by molar-refractivity contribution is 8.45. The molecule has 2 aliphatic heterocycles. The molecule has 1 atom stereocenters. The molecule has 2 aliphatic rings. The van der Waals surface area contributed by atoms with Gasteiger partial charge in [-0.25, -0.2) is 0 Å². The van der Waals surface area contributed by atoms with Gasteiger partial charge < -0.3 is 10.8 Å². The van der Waals surface area contributed by atoms with Crippen LogP contribution in [0.15, 0.2) is 0 Å². The molecular weight excluding hydrogens is 187 g/mol. The van der Waals surface area contributed by atoms with Crippen LogP contribution in [0.3, 0.4) is 0 Å². The molecule has 0 spiro atoms. The van der Waals surface area contributed by atoms with Gasteiger partial charge in [0, 0.05) is 6.42 Å². The second kappa shape index (κ2) is 1.93. The lowest BCUT2D eigenvalue weighted by Gasteiger charge is -2.04. The molecule has 0 aromatic heterocycles. The van der Waals surface area contributed by atoms with E-state index in [9.17, 15) is 4.79 Å². The van der Waals surface area contributed by atoms with E-state index in [0.29, 0.717) is 11.1 Å². The summed E-state index contributed by atoms with van der Waals surface area (Å²) in [6, 6.07) is -0.616. The van der Waals surface area contributed by atoms with Gasteiger partial charge in [0.2, 0.25) is 0 Å². The first-order valence-electron chi connectivity index (χ1n) is 2.88. The van der Waals surface area contributed by atoms with Crippen LogP contribution in [-0.2, 0) is 4.79 Å². The number of carboxylic acid groups (broad SMARTS) is 1. The zero-order valence-electron chi connectivity index (χ0n) is 5.06. The highest BCUT2D eigenvalue weighted by Crippen LogP contribution is 2.94. The highest BCUT2D eigenvalue weighted by atomic mass is 32.1. The third-order valence-electron chi connectivity index (χ3n) is 1.56. The largest absolute Gasteiger partial charge is 0.480 e. The van der Waals surface area contributed by atoms with Crippen molar-refractivity contribution in [2.75, 3.05) is 0 Å². The molecule has 2 heterocycles. The molecular formula is C4H6NO2P3. The number of nitrogens with two attached hydrogens (primary N) is 1. The average molecular weight is 193 g/mol. The van der Waals surface area contributed by atoms with E-state index in [4.69, 9.17) is 10.8 Å². The molecule has 2 rings (SSSR count). The van der Waals surface area contributed by atoms with Crippen molar-refractivity contribution in [3.63, 3.8) is 0 Å². The van der Waals surface area contributed by atoms with Crippen LogP contribution in [0.1, 0.15) is 6.42 Å². The summed E-state index contributed by atoms with van der Waals surface area (Å²) in [5.74, 6) is -0.853. The van der Waals surface area contributed by atoms with Gasteiger partial charge in [-0.15, -0.1) is 0 Å². The Morgan fingerprint density at radius 1 is 1.80 bits per heavy atom. The van der Waals surface area contributed by atoms with Gasteiger partial charge >= 0.3 is 5.97 Å². The fourth-order valence-electron chi connectivity index (χ4n) is 0.809. The Morgan fingerprint density at radius 2 is 2.30 bits per heavy atom. The van der Waals surface area contributed by atoms with Crippen LogP contribution in [0.4, 0.5) is 0 Å². The molecule has 0 saturated heterocycles. The molecule has 0 aromatic carbocycles. The van der Waals surface area contributed by atoms with E-state index in [1.165, 1.54) is 15.7 Å². The topological polar surface area (TPSA) is 63.3 Å². The summed E-state index contributed by atoms with van der Waals surface area (Å²) in [7, 11) is 2.99. The summed E-state index contributed by atoms with van der Waals surface area (Å²) >= 11 is 0. The van der Waals surface area contributed by atoms with E-state index in [2.05, 4.69) is 0 Å². The van der Waals surface area contributed by atoms with Crippen molar-refractivity contribution in [1.82, 2.24) is 0 Å². The lowest BCUT2D eigenvalue weighted by molar-refractivity contribution is -0.138. The van der Waals surface area contributed by atoms with Gasteiger partial charge in [0.15, 0.2) is 0 Å². The van der Waals surface area contributed by atoms with Crippen LogP contribution in [0.5, 0.6) is 0 Å². The Bertz CT molecular complexity index is 279. The first-order chi connectivity index (χ1) is 4.64. The summed E-state index contributed by atoms with van der Waals surface area (Å²) in [5.41, 5.74) is 5.37. The fraction of sp³-hybridized carbons (Fsp3) is 0.750. The molecule has 10 heavy (non-hydrogen) atoms. The quantitative estimate of drug-likeness (QED) is 0.670. The molecule has 6 heteroatoms. The zero-order chi connectivity index (χ0) is 7.35. The van der Waals surface area contributed by atoms with Crippen LogP contribution in [0.2, 0.25) is 0 Å². The molecule has 0 amide bonds. The second-order valence-corrected chi connectivity index (χ2v) is 11.3. The van der Waals surface area contributed by atoms with E-state index < -0.39 is 12.0 Å². The lowest BCUT2D eigenvalue weighted by Crippen LogP contribution is -2.31. The van der Waals surface area contributed by atoms with E-state index in [1.54, 1.807) is 0 Å².